The number of likely N-dealkylation sites (N-methyl/N-ethyl adjacent to an activating group) is 1. The number of nitrogens with one attached hydrogen (secondary N) is 1. The van der Waals surface area contributed by atoms with Crippen molar-refractivity contribution in [1.82, 2.24) is 9.74 Å². The molecule has 64 valence electrons. The molecule has 0 fully saturated rings. The van der Waals surface area contributed by atoms with Crippen molar-refractivity contribution >= 4 is 23.6 Å². The quantitative estimate of drug-likeness (QED) is 0.483. The Balaban J connectivity index is 4.09. The zero-order valence-corrected chi connectivity index (χ0v) is 7.31. The van der Waals surface area contributed by atoms with E-state index in [4.69, 9.17) is 11.8 Å². The first-order chi connectivity index (χ1) is 5.17. The van der Waals surface area contributed by atoms with E-state index in [-0.39, 0.29) is 0 Å². The second kappa shape index (κ2) is 4.96. The summed E-state index contributed by atoms with van der Waals surface area (Å²) < 4.78 is 0. The first-order valence-electron chi connectivity index (χ1n) is 3.37. The number of carbonyl (C=O) groups is 2. The lowest BCUT2D eigenvalue weighted by molar-refractivity contribution is -0.144. The van der Waals surface area contributed by atoms with E-state index in [1.54, 1.807) is 18.7 Å². The smallest absolute Gasteiger partial charge is 0.323 e. The molecule has 2 amide bonds. The molecule has 0 heterocycles. The van der Waals surface area contributed by atoms with Gasteiger partial charge in [-0.2, -0.15) is 0 Å². The van der Waals surface area contributed by atoms with Crippen LogP contribution in [0, 0.1) is 0 Å². The Morgan fingerprint density at radius 3 is 2.09 bits per heavy atom. The summed E-state index contributed by atoms with van der Waals surface area (Å²) in [4.78, 5) is 24.7. The van der Waals surface area contributed by atoms with Crippen LogP contribution in [0.1, 0.15) is 13.8 Å². The van der Waals surface area contributed by atoms with Gasteiger partial charge in [0.05, 0.1) is 0 Å². The van der Waals surface area contributed by atoms with Gasteiger partial charge in [-0.1, -0.05) is 0 Å². The third kappa shape index (κ3) is 2.76. The van der Waals surface area contributed by atoms with Gasteiger partial charge in [0.2, 0.25) is 0 Å². The lowest BCUT2D eigenvalue weighted by atomic mass is 10.4. The van der Waals surface area contributed by atoms with Gasteiger partial charge in [0, 0.05) is 24.9 Å². The van der Waals surface area contributed by atoms with Crippen LogP contribution in [0.15, 0.2) is 0 Å². The molecule has 0 aliphatic heterocycles. The SMILES string of the molecule is CCN(CC)C(=O)C(=O)NCl. The van der Waals surface area contributed by atoms with Gasteiger partial charge >= 0.3 is 11.8 Å². The predicted molar refractivity (Wildman–Crippen MR) is 41.9 cm³/mol. The fraction of sp³-hybridized carbons (Fsp3) is 0.667. The van der Waals surface area contributed by atoms with E-state index >= 15 is 0 Å². The summed E-state index contributed by atoms with van der Waals surface area (Å²) in [6.45, 7) is 4.62. The van der Waals surface area contributed by atoms with Crippen molar-refractivity contribution in [2.75, 3.05) is 13.1 Å². The summed E-state index contributed by atoms with van der Waals surface area (Å²) in [6, 6.07) is 0. The Morgan fingerprint density at radius 1 is 1.36 bits per heavy atom. The van der Waals surface area contributed by atoms with Crippen molar-refractivity contribution in [1.29, 1.82) is 0 Å². The first kappa shape index (κ1) is 10.2. The lowest BCUT2D eigenvalue weighted by Crippen LogP contribution is -2.40. The van der Waals surface area contributed by atoms with Gasteiger partial charge in [-0.25, -0.2) is 0 Å². The molecule has 0 aromatic heterocycles. The molecule has 0 aliphatic rings. The standard InChI is InChI=1S/C6H11ClN2O2/c1-3-9(4-2)6(11)5(10)8-7/h3-4H2,1-2H3,(H,8,10). The molecule has 0 bridgehead atoms. The molecule has 0 aromatic carbocycles. The molecule has 0 spiro atoms. The van der Waals surface area contributed by atoms with Gasteiger partial charge in [-0.05, 0) is 13.8 Å². The van der Waals surface area contributed by atoms with Crippen molar-refractivity contribution in [3.05, 3.63) is 0 Å². The van der Waals surface area contributed by atoms with Gasteiger partial charge in [-0.15, -0.1) is 0 Å². The highest BCUT2D eigenvalue weighted by Gasteiger charge is 2.17. The maximum Gasteiger partial charge on any atom is 0.323 e. The van der Waals surface area contributed by atoms with Crippen LogP contribution in [0.25, 0.3) is 0 Å². The minimum atomic E-state index is -0.782. The van der Waals surface area contributed by atoms with Crippen LogP contribution in [0.5, 0.6) is 0 Å². The second-order valence-electron chi connectivity index (χ2n) is 1.90. The van der Waals surface area contributed by atoms with Gasteiger partial charge in [-0.3, -0.25) is 14.4 Å². The summed E-state index contributed by atoms with van der Waals surface area (Å²) in [5.41, 5.74) is 0. The van der Waals surface area contributed by atoms with E-state index in [1.165, 1.54) is 4.90 Å². The van der Waals surface area contributed by atoms with E-state index in [0.717, 1.165) is 0 Å². The van der Waals surface area contributed by atoms with E-state index in [2.05, 4.69) is 0 Å². The number of halogens is 1. The zero-order valence-electron chi connectivity index (χ0n) is 6.56. The van der Waals surface area contributed by atoms with Crippen LogP contribution in [0.4, 0.5) is 0 Å². The molecule has 1 N–H and O–H groups in total. The molecule has 0 radical (unpaired) electrons. The Bertz CT molecular complexity index is 157. The van der Waals surface area contributed by atoms with Crippen molar-refractivity contribution in [2.24, 2.45) is 0 Å². The van der Waals surface area contributed by atoms with Crippen LogP contribution < -0.4 is 4.84 Å². The fourth-order valence-electron chi connectivity index (χ4n) is 0.695. The highest BCUT2D eigenvalue weighted by atomic mass is 35.5. The van der Waals surface area contributed by atoms with Gasteiger partial charge in [0.25, 0.3) is 0 Å². The Kier molecular flexibility index (Phi) is 4.61. The molecule has 0 unspecified atom stereocenters. The zero-order chi connectivity index (χ0) is 8.85. The van der Waals surface area contributed by atoms with E-state index in [0.29, 0.717) is 13.1 Å². The third-order valence-corrected chi connectivity index (χ3v) is 1.50. The highest BCUT2D eigenvalue weighted by molar-refractivity contribution is 6.42. The molecule has 0 saturated heterocycles. The van der Waals surface area contributed by atoms with Gasteiger partial charge in [0.15, 0.2) is 0 Å². The van der Waals surface area contributed by atoms with Crippen molar-refractivity contribution in [3.63, 3.8) is 0 Å². The number of amides is 2. The second-order valence-corrected chi connectivity index (χ2v) is 2.09. The number of carbonyl (C=O) groups excluding carboxylic acids is 2. The summed E-state index contributed by atoms with van der Waals surface area (Å²) in [5.74, 6) is -1.37. The molecule has 5 heteroatoms. The molecule has 0 atom stereocenters. The molecule has 0 aliphatic carbocycles. The van der Waals surface area contributed by atoms with Crippen LogP contribution in [-0.2, 0) is 9.59 Å². The number of nitrogens with zero attached hydrogens (tertiary/aromatic N) is 1. The minimum absolute atomic E-state index is 0.514. The maximum atomic E-state index is 11.0. The number of hydrogen-bond acceptors (Lipinski definition) is 2. The predicted octanol–water partition coefficient (Wildman–Crippen LogP) is 0.125. The van der Waals surface area contributed by atoms with E-state index in [9.17, 15) is 9.59 Å². The van der Waals surface area contributed by atoms with Crippen LogP contribution in [-0.4, -0.2) is 29.8 Å². The molecule has 0 saturated carbocycles. The molecular weight excluding hydrogens is 168 g/mol. The molecule has 0 aromatic rings. The van der Waals surface area contributed by atoms with E-state index in [1.807, 2.05) is 0 Å². The van der Waals surface area contributed by atoms with Crippen LogP contribution >= 0.6 is 11.8 Å². The van der Waals surface area contributed by atoms with Gasteiger partial charge < -0.3 is 4.90 Å². The first-order valence-corrected chi connectivity index (χ1v) is 3.75. The van der Waals surface area contributed by atoms with Gasteiger partial charge in [0.1, 0.15) is 0 Å². The monoisotopic (exact) mass is 178 g/mol. The topological polar surface area (TPSA) is 49.4 Å². The number of rotatable bonds is 2. The lowest BCUT2D eigenvalue weighted by Gasteiger charge is -2.16. The van der Waals surface area contributed by atoms with Crippen LogP contribution in [0.2, 0.25) is 0 Å². The van der Waals surface area contributed by atoms with E-state index < -0.39 is 11.8 Å². The van der Waals surface area contributed by atoms with Crippen molar-refractivity contribution in [2.45, 2.75) is 13.8 Å². The average molecular weight is 179 g/mol. The fourth-order valence-corrected chi connectivity index (χ4v) is 0.776. The summed E-state index contributed by atoms with van der Waals surface area (Å²) >= 11 is 4.96. The molecule has 0 rings (SSSR count). The molecule has 4 nitrogen and oxygen atoms in total. The minimum Gasteiger partial charge on any atom is -0.335 e. The third-order valence-electron chi connectivity index (χ3n) is 1.33. The summed E-state index contributed by atoms with van der Waals surface area (Å²) in [7, 11) is 0. The highest BCUT2D eigenvalue weighted by Crippen LogP contribution is 1.88. The molecule has 11 heavy (non-hydrogen) atoms. The molecular formula is C6H11ClN2O2. The van der Waals surface area contributed by atoms with Crippen LogP contribution in [0.3, 0.4) is 0 Å². The Labute approximate surface area is 70.6 Å². The Morgan fingerprint density at radius 2 is 1.82 bits per heavy atom. The normalized spacial score (nSPS) is 9.00. The summed E-state index contributed by atoms with van der Waals surface area (Å²) in [6.07, 6.45) is 0. The average Bonchev–Trinajstić information content (AvgIpc) is 2.05. The van der Waals surface area contributed by atoms with Crippen molar-refractivity contribution < 1.29 is 9.59 Å². The largest absolute Gasteiger partial charge is 0.335 e. The number of hydrogen-bond donors (Lipinski definition) is 1. The summed E-state index contributed by atoms with van der Waals surface area (Å²) in [5, 5.41) is 0. The Hall–Kier alpha value is -0.770. The maximum absolute atomic E-state index is 11.0. The van der Waals surface area contributed by atoms with Crippen molar-refractivity contribution in [3.8, 4) is 0 Å².